The Morgan fingerprint density at radius 1 is 1.00 bits per heavy atom. The van der Waals surface area contributed by atoms with E-state index in [0.717, 1.165) is 5.92 Å². The predicted octanol–water partition coefficient (Wildman–Crippen LogP) is 5.17. The number of epoxide rings is 1. The van der Waals surface area contributed by atoms with Gasteiger partial charge >= 0.3 is 0 Å². The minimum Gasteiger partial charge on any atom is -0.455 e. The molecule has 0 aromatic heterocycles. The fourth-order valence-corrected chi connectivity index (χ4v) is 12.9. The minimum absolute atomic E-state index is 0.634. The molecule has 1 aliphatic carbocycles. The zero-order valence-electron chi connectivity index (χ0n) is 14.2. The average molecular weight is 315 g/mol. The van der Waals surface area contributed by atoms with E-state index in [1.807, 2.05) is 0 Å². The summed E-state index contributed by atoms with van der Waals surface area (Å²) in [5.74, 6) is 0.912. The molecule has 4 heteroatoms. The van der Waals surface area contributed by atoms with E-state index in [0.29, 0.717) is 12.2 Å². The molecule has 0 spiro atoms. The molecule has 118 valence electrons. The Morgan fingerprint density at radius 2 is 1.70 bits per heavy atom. The molecule has 0 amide bonds. The Balaban J connectivity index is 1.71. The van der Waals surface area contributed by atoms with Gasteiger partial charge in [0.2, 0.25) is 0 Å². The van der Waals surface area contributed by atoms with Crippen LogP contribution in [-0.4, -0.2) is 28.8 Å². The summed E-state index contributed by atoms with van der Waals surface area (Å²) in [5, 5.41) is 0. The third-order valence-corrected chi connectivity index (χ3v) is 12.4. The highest BCUT2D eigenvalue weighted by Crippen LogP contribution is 2.41. The third-order valence-electron chi connectivity index (χ3n) is 4.95. The number of ether oxygens (including phenoxy) is 1. The maximum Gasteiger partial charge on any atom is 0.173 e. The molecule has 0 N–H and O–H groups in total. The lowest BCUT2D eigenvalue weighted by Gasteiger charge is -2.35. The Bertz CT molecular complexity index is 318. The quantitative estimate of drug-likeness (QED) is 0.455. The molecule has 0 bridgehead atoms. The molecule has 0 aromatic rings. The van der Waals surface area contributed by atoms with Crippen LogP contribution in [0.2, 0.25) is 38.3 Å². The van der Waals surface area contributed by atoms with Crippen LogP contribution < -0.4 is 0 Å². The molecular formula is C16H34O2Si2. The van der Waals surface area contributed by atoms with E-state index in [-0.39, 0.29) is 0 Å². The van der Waals surface area contributed by atoms with Crippen molar-refractivity contribution in [1.29, 1.82) is 0 Å². The second-order valence-electron chi connectivity index (χ2n) is 8.16. The Hall–Kier alpha value is 0.354. The molecule has 3 atom stereocenters. The standard InChI is InChI=1S/C16H34O2Si2/c1-6-7-11-19(2,3)18-20(4,5)12-10-14-8-9-15-16(13-14)17-15/h14-16H,6-13H2,1-5H3. The first-order valence-electron chi connectivity index (χ1n) is 8.67. The molecule has 20 heavy (non-hydrogen) atoms. The van der Waals surface area contributed by atoms with Gasteiger partial charge in [0, 0.05) is 0 Å². The summed E-state index contributed by atoms with van der Waals surface area (Å²) in [6.07, 6.45) is 9.33. The Labute approximate surface area is 127 Å². The number of hydrogen-bond donors (Lipinski definition) is 0. The monoisotopic (exact) mass is 314 g/mol. The topological polar surface area (TPSA) is 21.8 Å². The fourth-order valence-electron chi connectivity index (χ4n) is 3.75. The van der Waals surface area contributed by atoms with Gasteiger partial charge in [-0.05, 0) is 63.5 Å². The second-order valence-corrected chi connectivity index (χ2v) is 17.0. The van der Waals surface area contributed by atoms with Crippen molar-refractivity contribution in [3.05, 3.63) is 0 Å². The first kappa shape index (κ1) is 16.7. The molecule has 2 fully saturated rings. The van der Waals surface area contributed by atoms with Gasteiger partial charge in [-0.2, -0.15) is 0 Å². The molecule has 0 radical (unpaired) electrons. The van der Waals surface area contributed by atoms with Crippen LogP contribution in [0.3, 0.4) is 0 Å². The van der Waals surface area contributed by atoms with E-state index >= 15 is 0 Å². The smallest absolute Gasteiger partial charge is 0.173 e. The molecule has 1 heterocycles. The van der Waals surface area contributed by atoms with Crippen LogP contribution in [0.4, 0.5) is 0 Å². The normalized spacial score (nSPS) is 30.1. The fraction of sp³-hybridized carbons (Fsp3) is 1.00. The second kappa shape index (κ2) is 6.63. The highest BCUT2D eigenvalue weighted by molar-refractivity contribution is 6.84. The Morgan fingerprint density at radius 3 is 2.35 bits per heavy atom. The number of rotatable bonds is 8. The predicted molar refractivity (Wildman–Crippen MR) is 91.2 cm³/mol. The molecule has 2 nitrogen and oxygen atoms in total. The lowest BCUT2D eigenvalue weighted by atomic mass is 9.88. The summed E-state index contributed by atoms with van der Waals surface area (Å²) in [5.41, 5.74) is 0. The summed E-state index contributed by atoms with van der Waals surface area (Å²) in [4.78, 5) is 0. The maximum absolute atomic E-state index is 6.70. The number of fused-ring (bicyclic) bond motifs is 1. The number of hydrogen-bond acceptors (Lipinski definition) is 2. The van der Waals surface area contributed by atoms with Gasteiger partial charge in [-0.25, -0.2) is 0 Å². The molecule has 3 unspecified atom stereocenters. The summed E-state index contributed by atoms with van der Waals surface area (Å²) in [7, 11) is -2.87. The van der Waals surface area contributed by atoms with Crippen LogP contribution in [0.1, 0.15) is 45.4 Å². The zero-order valence-corrected chi connectivity index (χ0v) is 16.2. The number of unbranched alkanes of at least 4 members (excludes halogenated alkanes) is 1. The van der Waals surface area contributed by atoms with Gasteiger partial charge in [-0.1, -0.05) is 26.2 Å². The highest BCUT2D eigenvalue weighted by atomic mass is 28.4. The summed E-state index contributed by atoms with van der Waals surface area (Å²) in [6, 6.07) is 2.68. The molecule has 0 aromatic carbocycles. The van der Waals surface area contributed by atoms with Gasteiger partial charge in [0.05, 0.1) is 12.2 Å². The lowest BCUT2D eigenvalue weighted by Crippen LogP contribution is -2.44. The van der Waals surface area contributed by atoms with E-state index in [2.05, 4.69) is 33.1 Å². The van der Waals surface area contributed by atoms with Gasteiger partial charge in [0.25, 0.3) is 0 Å². The molecule has 2 rings (SSSR count). The van der Waals surface area contributed by atoms with Crippen molar-refractivity contribution in [2.45, 2.75) is 95.9 Å². The van der Waals surface area contributed by atoms with Crippen LogP contribution in [-0.2, 0) is 8.85 Å². The molecule has 2 aliphatic rings. The lowest BCUT2D eigenvalue weighted by molar-refractivity contribution is 0.355. The van der Waals surface area contributed by atoms with Gasteiger partial charge in [-0.15, -0.1) is 0 Å². The third kappa shape index (κ3) is 5.28. The zero-order chi connectivity index (χ0) is 14.8. The largest absolute Gasteiger partial charge is 0.455 e. The van der Waals surface area contributed by atoms with Crippen LogP contribution in [0.15, 0.2) is 0 Å². The van der Waals surface area contributed by atoms with Crippen molar-refractivity contribution in [3.63, 3.8) is 0 Å². The van der Waals surface area contributed by atoms with Crippen LogP contribution in [0.5, 0.6) is 0 Å². The van der Waals surface area contributed by atoms with E-state index in [1.165, 1.54) is 50.6 Å². The van der Waals surface area contributed by atoms with E-state index in [1.54, 1.807) is 0 Å². The van der Waals surface area contributed by atoms with Gasteiger partial charge in [0.1, 0.15) is 0 Å². The summed E-state index contributed by atoms with van der Waals surface area (Å²) in [6.45, 7) is 12.0. The van der Waals surface area contributed by atoms with Crippen molar-refractivity contribution < 1.29 is 8.85 Å². The van der Waals surface area contributed by atoms with E-state index in [9.17, 15) is 0 Å². The summed E-state index contributed by atoms with van der Waals surface area (Å²) >= 11 is 0. The van der Waals surface area contributed by atoms with Crippen molar-refractivity contribution in [1.82, 2.24) is 0 Å². The van der Waals surface area contributed by atoms with Crippen LogP contribution in [0, 0.1) is 5.92 Å². The molecular weight excluding hydrogens is 280 g/mol. The van der Waals surface area contributed by atoms with Crippen LogP contribution in [0.25, 0.3) is 0 Å². The van der Waals surface area contributed by atoms with Crippen molar-refractivity contribution in [3.8, 4) is 0 Å². The van der Waals surface area contributed by atoms with E-state index < -0.39 is 16.6 Å². The van der Waals surface area contributed by atoms with Gasteiger partial charge in [0.15, 0.2) is 16.6 Å². The van der Waals surface area contributed by atoms with Crippen molar-refractivity contribution in [2.75, 3.05) is 0 Å². The van der Waals surface area contributed by atoms with Crippen molar-refractivity contribution in [2.24, 2.45) is 5.92 Å². The van der Waals surface area contributed by atoms with Crippen molar-refractivity contribution >= 4 is 16.6 Å². The van der Waals surface area contributed by atoms with E-state index in [4.69, 9.17) is 8.85 Å². The molecule has 1 saturated heterocycles. The minimum atomic E-state index is -1.46. The first-order chi connectivity index (χ1) is 9.31. The maximum atomic E-state index is 6.70. The highest BCUT2D eigenvalue weighted by Gasteiger charge is 2.44. The SMILES string of the molecule is CCCC[Si](C)(C)O[Si](C)(C)CCC1CCC2OC2C1. The molecule has 1 aliphatic heterocycles. The average Bonchev–Trinajstić information content (AvgIpc) is 3.11. The summed E-state index contributed by atoms with van der Waals surface area (Å²) < 4.78 is 12.4. The van der Waals surface area contributed by atoms with Crippen LogP contribution >= 0.6 is 0 Å². The first-order valence-corrected chi connectivity index (χ1v) is 14.9. The van der Waals surface area contributed by atoms with Gasteiger partial charge in [-0.3, -0.25) is 0 Å². The Kier molecular flexibility index (Phi) is 5.54. The molecule has 1 saturated carbocycles. The van der Waals surface area contributed by atoms with Gasteiger partial charge < -0.3 is 8.85 Å².